The van der Waals surface area contributed by atoms with E-state index in [2.05, 4.69) is 10.0 Å². The van der Waals surface area contributed by atoms with Crippen LogP contribution in [-0.2, 0) is 16.6 Å². The van der Waals surface area contributed by atoms with Crippen LogP contribution in [0.25, 0.3) is 0 Å². The lowest BCUT2D eigenvalue weighted by Gasteiger charge is -2.09. The molecule has 0 aliphatic carbocycles. The van der Waals surface area contributed by atoms with E-state index in [0.717, 1.165) is 11.6 Å². The van der Waals surface area contributed by atoms with Gasteiger partial charge in [0, 0.05) is 12.2 Å². The first-order valence-corrected chi connectivity index (χ1v) is 7.52. The smallest absolute Gasteiger partial charge is 0.264 e. The van der Waals surface area contributed by atoms with E-state index >= 15 is 0 Å². The van der Waals surface area contributed by atoms with Gasteiger partial charge in [-0.2, -0.15) is 0 Å². The fourth-order valence-electron chi connectivity index (χ4n) is 1.77. The summed E-state index contributed by atoms with van der Waals surface area (Å²) in [4.78, 5) is -0.362. The minimum absolute atomic E-state index is 0.362. The number of sulfonamides is 1. The van der Waals surface area contributed by atoms with Gasteiger partial charge in [-0.3, -0.25) is 4.72 Å². The summed E-state index contributed by atoms with van der Waals surface area (Å²) in [6.45, 7) is 0.695. The highest BCUT2D eigenvalue weighted by Gasteiger charge is 2.18. The topological polar surface area (TPSA) is 58.2 Å². The third-order valence-corrected chi connectivity index (χ3v) is 4.13. The normalized spacial score (nSPS) is 11.3. The van der Waals surface area contributed by atoms with Gasteiger partial charge in [0.25, 0.3) is 10.0 Å². The molecule has 0 aromatic heterocycles. The summed E-state index contributed by atoms with van der Waals surface area (Å²) in [6, 6.07) is 12.2. The van der Waals surface area contributed by atoms with E-state index in [1.54, 1.807) is 24.3 Å². The van der Waals surface area contributed by atoms with Gasteiger partial charge in [-0.25, -0.2) is 12.8 Å². The Morgan fingerprint density at radius 1 is 1.05 bits per heavy atom. The Hall–Kier alpha value is -1.92. The maximum atomic E-state index is 13.5. The molecule has 0 aliphatic rings. The fraction of sp³-hybridized carbons (Fsp3) is 0.143. The summed E-state index contributed by atoms with van der Waals surface area (Å²) in [7, 11) is -2.08. The van der Waals surface area contributed by atoms with E-state index in [4.69, 9.17) is 0 Å². The Morgan fingerprint density at radius 2 is 1.70 bits per heavy atom. The van der Waals surface area contributed by atoms with E-state index in [0.29, 0.717) is 12.2 Å². The summed E-state index contributed by atoms with van der Waals surface area (Å²) in [5.41, 5.74) is 1.43. The van der Waals surface area contributed by atoms with Crippen LogP contribution in [0.2, 0.25) is 0 Å². The van der Waals surface area contributed by atoms with Crippen LogP contribution in [0.4, 0.5) is 10.1 Å². The van der Waals surface area contributed by atoms with Crippen molar-refractivity contribution in [2.45, 2.75) is 11.4 Å². The molecule has 0 atom stereocenters. The van der Waals surface area contributed by atoms with Crippen molar-refractivity contribution in [3.63, 3.8) is 0 Å². The second kappa shape index (κ2) is 6.02. The van der Waals surface area contributed by atoms with Crippen molar-refractivity contribution in [1.29, 1.82) is 0 Å². The zero-order valence-corrected chi connectivity index (χ0v) is 11.7. The molecule has 0 aliphatic heterocycles. The van der Waals surface area contributed by atoms with E-state index < -0.39 is 15.8 Å². The second-order valence-corrected chi connectivity index (χ2v) is 5.91. The lowest BCUT2D eigenvalue weighted by molar-refractivity contribution is 0.570. The van der Waals surface area contributed by atoms with E-state index in [-0.39, 0.29) is 4.90 Å². The quantitative estimate of drug-likeness (QED) is 0.890. The Labute approximate surface area is 117 Å². The molecule has 4 nitrogen and oxygen atoms in total. The number of rotatable bonds is 5. The number of hydrogen-bond donors (Lipinski definition) is 2. The molecule has 0 spiro atoms. The zero-order chi connectivity index (χ0) is 14.6. The Balaban J connectivity index is 2.22. The predicted octanol–water partition coefficient (Wildman–Crippen LogP) is 2.35. The van der Waals surface area contributed by atoms with Gasteiger partial charge in [-0.05, 0) is 36.9 Å². The maximum Gasteiger partial charge on any atom is 0.264 e. The first-order valence-electron chi connectivity index (χ1n) is 6.04. The van der Waals surface area contributed by atoms with Gasteiger partial charge in [0.05, 0.1) is 0 Å². The molecule has 2 N–H and O–H groups in total. The first-order chi connectivity index (χ1) is 9.53. The summed E-state index contributed by atoms with van der Waals surface area (Å²) in [5, 5.41) is 3.00. The van der Waals surface area contributed by atoms with Crippen molar-refractivity contribution in [3.05, 3.63) is 59.9 Å². The lowest BCUT2D eigenvalue weighted by atomic mass is 10.2. The second-order valence-electron chi connectivity index (χ2n) is 4.26. The summed E-state index contributed by atoms with van der Waals surface area (Å²) in [6.07, 6.45) is 0. The molecular formula is C14H15FN2O2S. The number of halogens is 1. The van der Waals surface area contributed by atoms with Gasteiger partial charge < -0.3 is 5.32 Å². The largest absolute Gasteiger partial charge is 0.316 e. The average molecular weight is 294 g/mol. The summed E-state index contributed by atoms with van der Waals surface area (Å²) in [5.74, 6) is -0.771. The summed E-state index contributed by atoms with van der Waals surface area (Å²) >= 11 is 0. The van der Waals surface area contributed by atoms with Crippen LogP contribution in [0.1, 0.15) is 5.56 Å². The molecule has 2 rings (SSSR count). The molecule has 0 amide bonds. The Morgan fingerprint density at radius 3 is 2.30 bits per heavy atom. The third kappa shape index (κ3) is 3.34. The average Bonchev–Trinajstić information content (AvgIpc) is 2.41. The van der Waals surface area contributed by atoms with Crippen molar-refractivity contribution >= 4 is 15.7 Å². The van der Waals surface area contributed by atoms with Gasteiger partial charge in [0.2, 0.25) is 0 Å². The highest BCUT2D eigenvalue weighted by atomic mass is 32.2. The van der Waals surface area contributed by atoms with Crippen molar-refractivity contribution in [1.82, 2.24) is 5.32 Å². The third-order valence-electron chi connectivity index (χ3n) is 2.71. The molecule has 6 heteroatoms. The molecule has 2 aromatic carbocycles. The lowest BCUT2D eigenvalue weighted by Crippen LogP contribution is -2.14. The van der Waals surface area contributed by atoms with E-state index in [1.165, 1.54) is 18.2 Å². The molecule has 0 saturated heterocycles. The van der Waals surface area contributed by atoms with Crippen molar-refractivity contribution in [2.24, 2.45) is 0 Å². The number of nitrogens with one attached hydrogen (secondary N) is 2. The minimum atomic E-state index is -3.91. The molecule has 0 saturated carbocycles. The van der Waals surface area contributed by atoms with Gasteiger partial charge >= 0.3 is 0 Å². The number of benzene rings is 2. The van der Waals surface area contributed by atoms with Gasteiger partial charge in [0.1, 0.15) is 10.7 Å². The van der Waals surface area contributed by atoms with Crippen molar-refractivity contribution in [2.75, 3.05) is 11.8 Å². The molecule has 2 aromatic rings. The van der Waals surface area contributed by atoms with Gasteiger partial charge in [-0.15, -0.1) is 0 Å². The molecule has 106 valence electrons. The van der Waals surface area contributed by atoms with Gasteiger partial charge in [-0.1, -0.05) is 24.3 Å². The SMILES string of the molecule is CNCc1ccc(NS(=O)(=O)c2ccccc2F)cc1. The minimum Gasteiger partial charge on any atom is -0.316 e. The number of hydrogen-bond acceptors (Lipinski definition) is 3. The Kier molecular flexibility index (Phi) is 4.36. The van der Waals surface area contributed by atoms with Crippen LogP contribution in [0, 0.1) is 5.82 Å². The molecule has 20 heavy (non-hydrogen) atoms. The zero-order valence-electron chi connectivity index (χ0n) is 10.9. The monoisotopic (exact) mass is 294 g/mol. The highest BCUT2D eigenvalue weighted by Crippen LogP contribution is 2.18. The molecule has 0 bridgehead atoms. The predicted molar refractivity (Wildman–Crippen MR) is 76.4 cm³/mol. The molecule has 0 heterocycles. The number of anilines is 1. The maximum absolute atomic E-state index is 13.5. The van der Waals surface area contributed by atoms with Crippen LogP contribution in [0.3, 0.4) is 0 Å². The van der Waals surface area contributed by atoms with E-state index in [9.17, 15) is 12.8 Å². The van der Waals surface area contributed by atoms with Crippen molar-refractivity contribution < 1.29 is 12.8 Å². The Bertz CT molecular complexity index is 685. The standard InChI is InChI=1S/C14H15FN2O2S/c1-16-10-11-6-8-12(9-7-11)17-20(18,19)14-5-3-2-4-13(14)15/h2-9,16-17H,10H2,1H3. The molecule has 0 unspecified atom stereocenters. The van der Waals surface area contributed by atoms with Gasteiger partial charge in [0.15, 0.2) is 0 Å². The first kappa shape index (κ1) is 14.5. The van der Waals surface area contributed by atoms with Crippen LogP contribution in [0.5, 0.6) is 0 Å². The van der Waals surface area contributed by atoms with E-state index in [1.807, 2.05) is 7.05 Å². The summed E-state index contributed by atoms with van der Waals surface area (Å²) < 4.78 is 40.0. The van der Waals surface area contributed by atoms with Crippen LogP contribution in [0.15, 0.2) is 53.4 Å². The molecule has 0 radical (unpaired) electrons. The molecular weight excluding hydrogens is 279 g/mol. The highest BCUT2D eigenvalue weighted by molar-refractivity contribution is 7.92. The molecule has 0 fully saturated rings. The fourth-order valence-corrected chi connectivity index (χ4v) is 2.91. The van der Waals surface area contributed by atoms with Crippen LogP contribution >= 0.6 is 0 Å². The van der Waals surface area contributed by atoms with Crippen LogP contribution < -0.4 is 10.0 Å². The van der Waals surface area contributed by atoms with Crippen LogP contribution in [-0.4, -0.2) is 15.5 Å². The van der Waals surface area contributed by atoms with Crippen molar-refractivity contribution in [3.8, 4) is 0 Å².